The average molecular weight is 421 g/mol. The molecule has 3 heterocycles. The molecule has 5 nitrogen and oxygen atoms in total. The third kappa shape index (κ3) is 4.44. The zero-order valence-electron chi connectivity index (χ0n) is 17.0. The van der Waals surface area contributed by atoms with E-state index in [2.05, 4.69) is 16.8 Å². The van der Waals surface area contributed by atoms with E-state index < -0.39 is 11.7 Å². The Kier molecular flexibility index (Phi) is 5.97. The van der Waals surface area contributed by atoms with Gasteiger partial charge in [0.2, 0.25) is 5.91 Å². The zero-order valence-corrected chi connectivity index (χ0v) is 17.0. The van der Waals surface area contributed by atoms with Crippen molar-refractivity contribution in [3.8, 4) is 0 Å². The molecule has 1 unspecified atom stereocenters. The Morgan fingerprint density at radius 3 is 2.70 bits per heavy atom. The molecular weight excluding hydrogens is 395 g/mol. The van der Waals surface area contributed by atoms with Crippen LogP contribution in [-0.4, -0.2) is 66.6 Å². The van der Waals surface area contributed by atoms with E-state index in [1.54, 1.807) is 18.2 Å². The fourth-order valence-electron chi connectivity index (χ4n) is 4.61. The van der Waals surface area contributed by atoms with E-state index in [4.69, 9.17) is 4.74 Å². The first kappa shape index (κ1) is 21.1. The van der Waals surface area contributed by atoms with Crippen LogP contribution in [0.3, 0.4) is 0 Å². The van der Waals surface area contributed by atoms with Crippen LogP contribution in [0.25, 0.3) is 10.9 Å². The van der Waals surface area contributed by atoms with Crippen LogP contribution in [0.5, 0.6) is 0 Å². The summed E-state index contributed by atoms with van der Waals surface area (Å²) in [5, 5.41) is 0.520. The number of benzene rings is 1. The van der Waals surface area contributed by atoms with Gasteiger partial charge in [-0.25, -0.2) is 0 Å². The number of nitrogens with zero attached hydrogens (tertiary/aromatic N) is 3. The number of aromatic nitrogens is 1. The van der Waals surface area contributed by atoms with Gasteiger partial charge < -0.3 is 9.64 Å². The van der Waals surface area contributed by atoms with Crippen molar-refractivity contribution in [3.63, 3.8) is 0 Å². The van der Waals surface area contributed by atoms with Gasteiger partial charge in [-0.2, -0.15) is 13.2 Å². The average Bonchev–Trinajstić information content (AvgIpc) is 2.72. The molecule has 2 saturated heterocycles. The summed E-state index contributed by atoms with van der Waals surface area (Å²) in [5.41, 5.74) is 0.0969. The highest BCUT2D eigenvalue weighted by Crippen LogP contribution is 2.39. The molecule has 162 valence electrons. The van der Waals surface area contributed by atoms with Crippen LogP contribution in [0.1, 0.15) is 30.4 Å². The maximum absolute atomic E-state index is 13.4. The number of fused-ring (bicyclic) bond motifs is 1. The minimum atomic E-state index is -4.45. The molecule has 1 amide bonds. The Labute approximate surface area is 173 Å². The molecule has 0 radical (unpaired) electrons. The fraction of sp³-hybridized carbons (Fsp3) is 0.545. The van der Waals surface area contributed by atoms with E-state index in [0.717, 1.165) is 31.1 Å². The van der Waals surface area contributed by atoms with Gasteiger partial charge in [-0.3, -0.25) is 14.7 Å². The number of hydrogen-bond donors (Lipinski definition) is 0. The van der Waals surface area contributed by atoms with Gasteiger partial charge in [0.05, 0.1) is 30.8 Å². The van der Waals surface area contributed by atoms with Crippen molar-refractivity contribution in [3.05, 3.63) is 41.6 Å². The summed E-state index contributed by atoms with van der Waals surface area (Å²) in [6, 6.07) is 6.07. The number of rotatable bonds is 3. The summed E-state index contributed by atoms with van der Waals surface area (Å²) in [5.74, 6) is 0.325. The van der Waals surface area contributed by atoms with E-state index in [0.29, 0.717) is 38.2 Å². The second-order valence-corrected chi connectivity index (χ2v) is 8.32. The third-order valence-electron chi connectivity index (χ3n) is 6.02. The van der Waals surface area contributed by atoms with Crippen molar-refractivity contribution in [1.29, 1.82) is 0 Å². The lowest BCUT2D eigenvalue weighted by Crippen LogP contribution is -2.48. The topological polar surface area (TPSA) is 45.7 Å². The number of carbonyl (C=O) groups is 1. The van der Waals surface area contributed by atoms with E-state index >= 15 is 0 Å². The number of amides is 1. The molecule has 0 spiro atoms. The van der Waals surface area contributed by atoms with Gasteiger partial charge in [0.25, 0.3) is 0 Å². The number of alkyl halides is 3. The van der Waals surface area contributed by atoms with Crippen molar-refractivity contribution in [1.82, 2.24) is 14.8 Å². The summed E-state index contributed by atoms with van der Waals surface area (Å²) < 4.78 is 45.7. The van der Waals surface area contributed by atoms with Crippen molar-refractivity contribution in [2.24, 2.45) is 5.92 Å². The highest BCUT2D eigenvalue weighted by atomic mass is 19.4. The number of carbonyl (C=O) groups excluding carboxylic acids is 1. The molecule has 2 aromatic rings. The number of halogens is 3. The van der Waals surface area contributed by atoms with Crippen LogP contribution in [0, 0.1) is 5.92 Å². The van der Waals surface area contributed by atoms with E-state index in [1.165, 1.54) is 6.20 Å². The molecule has 2 fully saturated rings. The SMILES string of the molecule is CC1C[C@H](c2ccc(C(F)(F)F)c3ncccc23)CN(C(=O)CN2CCOCC2)C1. The summed E-state index contributed by atoms with van der Waals surface area (Å²) >= 11 is 0. The number of hydrogen-bond acceptors (Lipinski definition) is 4. The van der Waals surface area contributed by atoms with Gasteiger partial charge in [0, 0.05) is 43.7 Å². The van der Waals surface area contributed by atoms with Crippen LogP contribution in [0.15, 0.2) is 30.5 Å². The Hall–Kier alpha value is -2.19. The highest BCUT2D eigenvalue weighted by Gasteiger charge is 2.35. The van der Waals surface area contributed by atoms with Crippen LogP contribution in [-0.2, 0) is 15.7 Å². The monoisotopic (exact) mass is 421 g/mol. The summed E-state index contributed by atoms with van der Waals surface area (Å²) in [6.45, 7) is 6.40. The smallest absolute Gasteiger partial charge is 0.379 e. The molecule has 1 aromatic heterocycles. The van der Waals surface area contributed by atoms with Crippen LogP contribution in [0.2, 0.25) is 0 Å². The van der Waals surface area contributed by atoms with Crippen molar-refractivity contribution in [2.45, 2.75) is 25.4 Å². The molecule has 2 aliphatic heterocycles. The third-order valence-corrected chi connectivity index (χ3v) is 6.02. The quantitative estimate of drug-likeness (QED) is 0.761. The fourth-order valence-corrected chi connectivity index (χ4v) is 4.61. The molecule has 0 aliphatic carbocycles. The second-order valence-electron chi connectivity index (χ2n) is 8.32. The molecule has 4 rings (SSSR count). The molecule has 30 heavy (non-hydrogen) atoms. The Morgan fingerprint density at radius 2 is 1.97 bits per heavy atom. The standard InChI is InChI=1S/C22H26F3N3O2/c1-15-11-16(13-28(12-15)20(29)14-27-7-9-30-10-8-27)17-4-5-19(22(23,24)25)21-18(17)3-2-6-26-21/h2-6,15-16H,7-14H2,1H3/t15?,16-/m0/s1. The predicted molar refractivity (Wildman–Crippen MR) is 107 cm³/mol. The first-order valence-electron chi connectivity index (χ1n) is 10.4. The Balaban J connectivity index is 1.59. The van der Waals surface area contributed by atoms with Gasteiger partial charge in [-0.05, 0) is 30.0 Å². The van der Waals surface area contributed by atoms with Crippen LogP contribution in [0.4, 0.5) is 13.2 Å². The lowest BCUT2D eigenvalue weighted by molar-refractivity contribution is -0.136. The first-order chi connectivity index (χ1) is 14.3. The number of morpholine rings is 1. The predicted octanol–water partition coefficient (Wildman–Crippen LogP) is 3.54. The normalized spacial score (nSPS) is 23.7. The number of piperidine rings is 1. The lowest BCUT2D eigenvalue weighted by Gasteiger charge is -2.38. The molecule has 0 bridgehead atoms. The number of ether oxygens (including phenoxy) is 1. The molecule has 8 heteroatoms. The summed E-state index contributed by atoms with van der Waals surface area (Å²) in [6.07, 6.45) is -2.23. The first-order valence-corrected chi connectivity index (χ1v) is 10.4. The van der Waals surface area contributed by atoms with Crippen LogP contribution >= 0.6 is 0 Å². The summed E-state index contributed by atoms with van der Waals surface area (Å²) in [4.78, 5) is 20.9. The van der Waals surface area contributed by atoms with Gasteiger partial charge in [-0.15, -0.1) is 0 Å². The van der Waals surface area contributed by atoms with Gasteiger partial charge in [-0.1, -0.05) is 19.1 Å². The van der Waals surface area contributed by atoms with Crippen molar-refractivity contribution >= 4 is 16.8 Å². The zero-order chi connectivity index (χ0) is 21.3. The van der Waals surface area contributed by atoms with Crippen molar-refractivity contribution < 1.29 is 22.7 Å². The molecule has 2 atom stereocenters. The van der Waals surface area contributed by atoms with Crippen molar-refractivity contribution in [2.75, 3.05) is 45.9 Å². The molecule has 0 saturated carbocycles. The van der Waals surface area contributed by atoms with E-state index in [-0.39, 0.29) is 23.3 Å². The van der Waals surface area contributed by atoms with E-state index in [1.807, 2.05) is 4.90 Å². The molecule has 1 aromatic carbocycles. The van der Waals surface area contributed by atoms with Gasteiger partial charge in [0.15, 0.2) is 0 Å². The minimum absolute atomic E-state index is 0.0172. The minimum Gasteiger partial charge on any atom is -0.379 e. The number of pyridine rings is 1. The lowest BCUT2D eigenvalue weighted by atomic mass is 9.83. The maximum Gasteiger partial charge on any atom is 0.418 e. The van der Waals surface area contributed by atoms with Gasteiger partial charge >= 0.3 is 6.18 Å². The highest BCUT2D eigenvalue weighted by molar-refractivity contribution is 5.86. The number of likely N-dealkylation sites (tertiary alicyclic amines) is 1. The molecule has 2 aliphatic rings. The Bertz CT molecular complexity index is 912. The van der Waals surface area contributed by atoms with E-state index in [9.17, 15) is 18.0 Å². The second kappa shape index (κ2) is 8.51. The molecule has 0 N–H and O–H groups in total. The summed E-state index contributed by atoms with van der Waals surface area (Å²) in [7, 11) is 0. The van der Waals surface area contributed by atoms with Gasteiger partial charge in [0.1, 0.15) is 0 Å². The van der Waals surface area contributed by atoms with Crippen LogP contribution < -0.4 is 0 Å². The molecular formula is C22H26F3N3O2. The maximum atomic E-state index is 13.4. The largest absolute Gasteiger partial charge is 0.418 e. The Morgan fingerprint density at radius 1 is 1.20 bits per heavy atom.